The van der Waals surface area contributed by atoms with Crippen LogP contribution in [0.3, 0.4) is 0 Å². The minimum Gasteiger partial charge on any atom is -0.394 e. The first kappa shape index (κ1) is 14.1. The van der Waals surface area contributed by atoms with Crippen molar-refractivity contribution in [2.75, 3.05) is 6.61 Å². The average Bonchev–Trinajstić information content (AvgIpc) is 2.24. The monoisotopic (exact) mass is 221 g/mol. The molecule has 15 heavy (non-hydrogen) atoms. The topological polar surface area (TPSA) is 141 Å². The van der Waals surface area contributed by atoms with Gasteiger partial charge in [0.15, 0.2) is 11.4 Å². The lowest BCUT2D eigenvalue weighted by Gasteiger charge is -2.35. The summed E-state index contributed by atoms with van der Waals surface area (Å²) >= 11 is 0. The van der Waals surface area contributed by atoms with Crippen LogP contribution in [0.1, 0.15) is 6.92 Å². The molecule has 0 aliphatic carbocycles. The summed E-state index contributed by atoms with van der Waals surface area (Å²) in [5.41, 5.74) is 2.47. The van der Waals surface area contributed by atoms with Crippen LogP contribution in [0.25, 0.3) is 0 Å². The molecule has 0 spiro atoms. The van der Waals surface area contributed by atoms with Gasteiger partial charge in [0.05, 0.1) is 12.6 Å². The van der Waals surface area contributed by atoms with E-state index in [9.17, 15) is 24.9 Å². The van der Waals surface area contributed by atoms with Crippen LogP contribution in [0.2, 0.25) is 0 Å². The van der Waals surface area contributed by atoms with Crippen molar-refractivity contribution in [3.8, 4) is 0 Å². The predicted molar refractivity (Wildman–Crippen MR) is 48.8 cm³/mol. The first-order valence-electron chi connectivity index (χ1n) is 4.23. The summed E-state index contributed by atoms with van der Waals surface area (Å²) in [6, 6.07) is -1.53. The highest BCUT2D eigenvalue weighted by Gasteiger charge is 2.49. The van der Waals surface area contributed by atoms with Gasteiger partial charge in [0.1, 0.15) is 18.5 Å². The maximum atomic E-state index is 11.1. The standard InChI is InChI=1S/C8H15NO6/c1-4(12)8(15,6(13)3-11)7(14)5(9)2-10/h2,5-7,11,13-15H,3,9H2,1H3/t5-,6+,7+,8-/m0/s1. The molecule has 0 amide bonds. The molecule has 0 saturated heterocycles. The molecule has 0 radical (unpaired) electrons. The highest BCUT2D eigenvalue weighted by molar-refractivity contribution is 5.87. The van der Waals surface area contributed by atoms with Gasteiger partial charge in [0.25, 0.3) is 0 Å². The Hall–Kier alpha value is -0.860. The van der Waals surface area contributed by atoms with Crippen LogP contribution in [0, 0.1) is 0 Å². The Labute approximate surface area is 86.1 Å². The summed E-state index contributed by atoms with van der Waals surface area (Å²) < 4.78 is 0. The van der Waals surface area contributed by atoms with Crippen LogP contribution < -0.4 is 5.73 Å². The number of hydrogen-bond acceptors (Lipinski definition) is 7. The molecule has 0 bridgehead atoms. The first-order chi connectivity index (χ1) is 6.82. The van der Waals surface area contributed by atoms with Crippen LogP contribution in [0.4, 0.5) is 0 Å². The van der Waals surface area contributed by atoms with Gasteiger partial charge in [-0.1, -0.05) is 0 Å². The molecule has 0 unspecified atom stereocenters. The molecule has 0 aromatic carbocycles. The van der Waals surface area contributed by atoms with Crippen molar-refractivity contribution in [2.24, 2.45) is 5.73 Å². The van der Waals surface area contributed by atoms with Gasteiger partial charge in [0, 0.05) is 0 Å². The van der Waals surface area contributed by atoms with Crippen LogP contribution in [-0.4, -0.2) is 63.0 Å². The fraction of sp³-hybridized carbons (Fsp3) is 0.750. The van der Waals surface area contributed by atoms with Gasteiger partial charge in [0.2, 0.25) is 0 Å². The Bertz CT molecular complexity index is 245. The smallest absolute Gasteiger partial charge is 0.178 e. The SMILES string of the molecule is CC(=O)[C@](O)([C@H](O)CO)[C@H](O)[C@@H](N)C=O. The van der Waals surface area contributed by atoms with Crippen molar-refractivity contribution in [2.45, 2.75) is 30.8 Å². The van der Waals surface area contributed by atoms with Crippen molar-refractivity contribution in [1.29, 1.82) is 0 Å². The number of aliphatic hydroxyl groups is 4. The molecule has 4 atom stereocenters. The van der Waals surface area contributed by atoms with Crippen LogP contribution >= 0.6 is 0 Å². The molecule has 0 aliphatic rings. The van der Waals surface area contributed by atoms with Crippen LogP contribution in [0.5, 0.6) is 0 Å². The fourth-order valence-electron chi connectivity index (χ4n) is 1.15. The Morgan fingerprint density at radius 2 is 2.00 bits per heavy atom. The van der Waals surface area contributed by atoms with E-state index in [0.717, 1.165) is 6.92 Å². The Morgan fingerprint density at radius 1 is 1.53 bits per heavy atom. The van der Waals surface area contributed by atoms with E-state index in [0.29, 0.717) is 0 Å². The molecule has 0 aliphatic heterocycles. The van der Waals surface area contributed by atoms with Crippen molar-refractivity contribution in [3.63, 3.8) is 0 Å². The van der Waals surface area contributed by atoms with Crippen molar-refractivity contribution >= 4 is 12.1 Å². The maximum absolute atomic E-state index is 11.1. The molecule has 88 valence electrons. The van der Waals surface area contributed by atoms with Gasteiger partial charge < -0.3 is 31.0 Å². The van der Waals surface area contributed by atoms with Crippen molar-refractivity contribution < 1.29 is 30.0 Å². The molecular formula is C8H15NO6. The number of rotatable bonds is 6. The second kappa shape index (κ2) is 5.29. The Kier molecular flexibility index (Phi) is 4.98. The molecule has 0 fully saturated rings. The van der Waals surface area contributed by atoms with E-state index >= 15 is 0 Å². The molecule has 6 N–H and O–H groups in total. The average molecular weight is 221 g/mol. The molecule has 7 heteroatoms. The zero-order valence-corrected chi connectivity index (χ0v) is 8.20. The normalized spacial score (nSPS) is 21.2. The maximum Gasteiger partial charge on any atom is 0.178 e. The molecular weight excluding hydrogens is 206 g/mol. The Morgan fingerprint density at radius 3 is 2.27 bits per heavy atom. The molecule has 0 heterocycles. The number of hydrogen-bond donors (Lipinski definition) is 5. The number of carbonyl (C=O) groups excluding carboxylic acids is 2. The zero-order valence-electron chi connectivity index (χ0n) is 8.20. The van der Waals surface area contributed by atoms with Gasteiger partial charge in [-0.2, -0.15) is 0 Å². The van der Waals surface area contributed by atoms with Gasteiger partial charge in [-0.3, -0.25) is 4.79 Å². The summed E-state index contributed by atoms with van der Waals surface area (Å²) in [4.78, 5) is 21.4. The number of nitrogens with two attached hydrogens (primary N) is 1. The Balaban J connectivity index is 5.10. The van der Waals surface area contributed by atoms with E-state index in [1.54, 1.807) is 0 Å². The zero-order chi connectivity index (χ0) is 12.2. The fourth-order valence-corrected chi connectivity index (χ4v) is 1.15. The third-order valence-corrected chi connectivity index (χ3v) is 2.22. The summed E-state index contributed by atoms with van der Waals surface area (Å²) in [5.74, 6) is -0.992. The lowest BCUT2D eigenvalue weighted by molar-refractivity contribution is -0.178. The van der Waals surface area contributed by atoms with Crippen LogP contribution in [-0.2, 0) is 9.59 Å². The molecule has 0 saturated carbocycles. The van der Waals surface area contributed by atoms with E-state index in [1.807, 2.05) is 0 Å². The lowest BCUT2D eigenvalue weighted by atomic mass is 9.83. The lowest BCUT2D eigenvalue weighted by Crippen LogP contribution is -2.64. The molecule has 7 nitrogen and oxygen atoms in total. The third kappa shape index (κ3) is 2.58. The highest BCUT2D eigenvalue weighted by Crippen LogP contribution is 2.19. The van der Waals surface area contributed by atoms with E-state index in [4.69, 9.17) is 10.8 Å². The third-order valence-electron chi connectivity index (χ3n) is 2.22. The number of aliphatic hydroxyl groups excluding tert-OH is 3. The van der Waals surface area contributed by atoms with Gasteiger partial charge in [-0.15, -0.1) is 0 Å². The molecule has 0 aromatic heterocycles. The largest absolute Gasteiger partial charge is 0.394 e. The summed E-state index contributed by atoms with van der Waals surface area (Å²) in [5, 5.41) is 36.9. The highest BCUT2D eigenvalue weighted by atomic mass is 16.4. The summed E-state index contributed by atoms with van der Waals surface area (Å²) in [7, 11) is 0. The van der Waals surface area contributed by atoms with E-state index < -0.39 is 36.2 Å². The van der Waals surface area contributed by atoms with E-state index in [1.165, 1.54) is 0 Å². The summed E-state index contributed by atoms with van der Waals surface area (Å²) in [6.45, 7) is -0.0433. The van der Waals surface area contributed by atoms with Crippen molar-refractivity contribution in [1.82, 2.24) is 0 Å². The molecule has 0 aromatic rings. The van der Waals surface area contributed by atoms with Gasteiger partial charge in [-0.05, 0) is 6.92 Å². The number of Topliss-reactive ketones (excluding diaryl/α,β-unsaturated/α-hetero) is 1. The van der Waals surface area contributed by atoms with Crippen molar-refractivity contribution in [3.05, 3.63) is 0 Å². The second-order valence-electron chi connectivity index (χ2n) is 3.24. The van der Waals surface area contributed by atoms with Gasteiger partial charge in [-0.25, -0.2) is 0 Å². The number of aldehydes is 1. The minimum absolute atomic E-state index is 0.128. The van der Waals surface area contributed by atoms with Gasteiger partial charge >= 0.3 is 0 Å². The predicted octanol–water partition coefficient (Wildman–Crippen LogP) is -3.45. The second-order valence-corrected chi connectivity index (χ2v) is 3.24. The first-order valence-corrected chi connectivity index (χ1v) is 4.23. The number of ketones is 1. The summed E-state index contributed by atoms with van der Waals surface area (Å²) in [6.07, 6.45) is -3.76. The molecule has 0 rings (SSSR count). The van der Waals surface area contributed by atoms with E-state index in [-0.39, 0.29) is 6.29 Å². The minimum atomic E-state index is -2.64. The quantitative estimate of drug-likeness (QED) is 0.293. The van der Waals surface area contributed by atoms with Crippen LogP contribution in [0.15, 0.2) is 0 Å². The number of carbonyl (C=O) groups is 2. The van der Waals surface area contributed by atoms with E-state index in [2.05, 4.69) is 0 Å².